The quantitative estimate of drug-likeness (QED) is 0.916. The molecular formula is C16H17NO2. The molecule has 1 aliphatic rings. The molecule has 0 saturated heterocycles. The lowest BCUT2D eigenvalue weighted by Gasteiger charge is -2.07. The van der Waals surface area contributed by atoms with Gasteiger partial charge in [-0.15, -0.1) is 0 Å². The van der Waals surface area contributed by atoms with Gasteiger partial charge in [0.2, 0.25) is 6.79 Å². The normalized spacial score (nSPS) is 14.4. The third kappa shape index (κ3) is 2.56. The Kier molecular flexibility index (Phi) is 3.13. The number of benzene rings is 2. The molecule has 2 aromatic carbocycles. The van der Waals surface area contributed by atoms with Gasteiger partial charge >= 0.3 is 0 Å². The van der Waals surface area contributed by atoms with Crippen LogP contribution in [0.4, 0.5) is 0 Å². The van der Waals surface area contributed by atoms with Crippen LogP contribution in [-0.4, -0.2) is 6.79 Å². The summed E-state index contributed by atoms with van der Waals surface area (Å²) in [7, 11) is 0. The van der Waals surface area contributed by atoms with Gasteiger partial charge in [0.05, 0.1) is 0 Å². The van der Waals surface area contributed by atoms with Gasteiger partial charge in [-0.25, -0.2) is 0 Å². The van der Waals surface area contributed by atoms with Gasteiger partial charge in [-0.2, -0.15) is 0 Å². The molecule has 0 fully saturated rings. The second-order valence-corrected chi connectivity index (χ2v) is 4.89. The first-order valence-electron chi connectivity index (χ1n) is 6.45. The van der Waals surface area contributed by atoms with E-state index in [0.29, 0.717) is 6.79 Å². The molecule has 1 heterocycles. The van der Waals surface area contributed by atoms with Crippen LogP contribution < -0.4 is 15.2 Å². The van der Waals surface area contributed by atoms with E-state index in [2.05, 4.69) is 30.3 Å². The van der Waals surface area contributed by atoms with E-state index in [4.69, 9.17) is 15.2 Å². The topological polar surface area (TPSA) is 44.5 Å². The van der Waals surface area contributed by atoms with Crippen molar-refractivity contribution >= 4 is 0 Å². The molecule has 3 heteroatoms. The zero-order valence-corrected chi connectivity index (χ0v) is 10.9. The summed E-state index contributed by atoms with van der Waals surface area (Å²) in [4.78, 5) is 0. The van der Waals surface area contributed by atoms with Gasteiger partial charge in [0.1, 0.15) is 0 Å². The van der Waals surface area contributed by atoms with E-state index in [-0.39, 0.29) is 6.04 Å². The second-order valence-electron chi connectivity index (χ2n) is 4.89. The molecule has 0 aliphatic carbocycles. The van der Waals surface area contributed by atoms with Crippen LogP contribution in [0.3, 0.4) is 0 Å². The molecule has 0 saturated carbocycles. The van der Waals surface area contributed by atoms with Crippen molar-refractivity contribution < 1.29 is 9.47 Å². The summed E-state index contributed by atoms with van der Waals surface area (Å²) in [5.41, 5.74) is 9.50. The van der Waals surface area contributed by atoms with Gasteiger partial charge in [-0.3, -0.25) is 0 Å². The Balaban J connectivity index is 1.77. The zero-order chi connectivity index (χ0) is 13.2. The number of rotatable bonds is 3. The van der Waals surface area contributed by atoms with Gasteiger partial charge in [-0.05, 0) is 42.2 Å². The highest BCUT2D eigenvalue weighted by Crippen LogP contribution is 2.33. The summed E-state index contributed by atoms with van der Waals surface area (Å²) in [6.07, 6.45) is 0.885. The molecule has 1 atom stereocenters. The second kappa shape index (κ2) is 4.94. The van der Waals surface area contributed by atoms with E-state index >= 15 is 0 Å². The lowest BCUT2D eigenvalue weighted by molar-refractivity contribution is 0.174. The summed E-state index contributed by atoms with van der Waals surface area (Å²) in [6.45, 7) is 2.31. The summed E-state index contributed by atoms with van der Waals surface area (Å²) >= 11 is 0. The van der Waals surface area contributed by atoms with Crippen LogP contribution in [0, 0.1) is 0 Å². The summed E-state index contributed by atoms with van der Waals surface area (Å²) in [6, 6.07) is 14.6. The first-order valence-corrected chi connectivity index (χ1v) is 6.45. The van der Waals surface area contributed by atoms with Crippen LogP contribution in [0.1, 0.15) is 29.7 Å². The highest BCUT2D eigenvalue weighted by Gasteiger charge is 2.13. The first kappa shape index (κ1) is 12.1. The van der Waals surface area contributed by atoms with Gasteiger partial charge < -0.3 is 15.2 Å². The van der Waals surface area contributed by atoms with Crippen molar-refractivity contribution in [2.45, 2.75) is 19.4 Å². The summed E-state index contributed by atoms with van der Waals surface area (Å²) in [5, 5.41) is 0. The first-order chi connectivity index (χ1) is 9.22. The van der Waals surface area contributed by atoms with E-state index in [1.54, 1.807) is 0 Å². The zero-order valence-electron chi connectivity index (χ0n) is 10.9. The Labute approximate surface area is 113 Å². The average molecular weight is 255 g/mol. The molecule has 0 spiro atoms. The number of hydrogen-bond acceptors (Lipinski definition) is 3. The van der Waals surface area contributed by atoms with E-state index in [9.17, 15) is 0 Å². The Hall–Kier alpha value is -2.00. The third-order valence-electron chi connectivity index (χ3n) is 3.35. The largest absolute Gasteiger partial charge is 0.454 e. The van der Waals surface area contributed by atoms with Crippen LogP contribution in [-0.2, 0) is 6.42 Å². The molecule has 3 rings (SSSR count). The van der Waals surface area contributed by atoms with Crippen molar-refractivity contribution in [1.82, 2.24) is 0 Å². The van der Waals surface area contributed by atoms with E-state index in [1.165, 1.54) is 11.1 Å². The molecule has 2 aromatic rings. The maximum absolute atomic E-state index is 5.85. The lowest BCUT2D eigenvalue weighted by Crippen LogP contribution is -2.04. The smallest absolute Gasteiger partial charge is 0.231 e. The molecule has 0 aromatic heterocycles. The summed E-state index contributed by atoms with van der Waals surface area (Å²) in [5.74, 6) is 1.67. The van der Waals surface area contributed by atoms with E-state index in [1.807, 2.05) is 19.1 Å². The van der Waals surface area contributed by atoms with Gasteiger partial charge in [0.15, 0.2) is 11.5 Å². The third-order valence-corrected chi connectivity index (χ3v) is 3.35. The van der Waals surface area contributed by atoms with Crippen LogP contribution in [0.15, 0.2) is 42.5 Å². The minimum Gasteiger partial charge on any atom is -0.454 e. The van der Waals surface area contributed by atoms with Crippen molar-refractivity contribution in [3.05, 3.63) is 59.2 Å². The van der Waals surface area contributed by atoms with Crippen LogP contribution >= 0.6 is 0 Å². The molecular weight excluding hydrogens is 238 g/mol. The molecule has 19 heavy (non-hydrogen) atoms. The SMILES string of the molecule is C[C@H](N)c1ccc(Cc2ccc3c(c2)OCO3)cc1. The predicted molar refractivity (Wildman–Crippen MR) is 74.4 cm³/mol. The van der Waals surface area contributed by atoms with Gasteiger partial charge in [-0.1, -0.05) is 30.3 Å². The molecule has 0 bridgehead atoms. The lowest BCUT2D eigenvalue weighted by atomic mass is 10.0. The summed E-state index contributed by atoms with van der Waals surface area (Å²) < 4.78 is 10.7. The van der Waals surface area contributed by atoms with E-state index < -0.39 is 0 Å². The number of hydrogen-bond donors (Lipinski definition) is 1. The Morgan fingerprint density at radius 1 is 1.00 bits per heavy atom. The van der Waals surface area contributed by atoms with Crippen LogP contribution in [0.5, 0.6) is 11.5 Å². The standard InChI is InChI=1S/C16H17NO2/c1-11(17)14-5-2-12(3-6-14)8-13-4-7-15-16(9-13)19-10-18-15/h2-7,9,11H,8,10,17H2,1H3/t11-/m0/s1. The minimum atomic E-state index is 0.0830. The molecule has 0 radical (unpaired) electrons. The van der Waals surface area contributed by atoms with Crippen molar-refractivity contribution in [2.75, 3.05) is 6.79 Å². The van der Waals surface area contributed by atoms with Gasteiger partial charge in [0, 0.05) is 6.04 Å². The number of ether oxygens (including phenoxy) is 2. The Bertz CT molecular complexity index is 576. The maximum Gasteiger partial charge on any atom is 0.231 e. The molecule has 2 N–H and O–H groups in total. The Morgan fingerprint density at radius 3 is 2.42 bits per heavy atom. The van der Waals surface area contributed by atoms with Crippen molar-refractivity contribution in [3.63, 3.8) is 0 Å². The number of nitrogens with two attached hydrogens (primary N) is 1. The predicted octanol–water partition coefficient (Wildman–Crippen LogP) is 3.03. The maximum atomic E-state index is 5.85. The van der Waals surface area contributed by atoms with Gasteiger partial charge in [0.25, 0.3) is 0 Å². The fourth-order valence-corrected chi connectivity index (χ4v) is 2.23. The van der Waals surface area contributed by atoms with Crippen molar-refractivity contribution in [1.29, 1.82) is 0 Å². The van der Waals surface area contributed by atoms with Crippen molar-refractivity contribution in [3.8, 4) is 11.5 Å². The highest BCUT2D eigenvalue weighted by atomic mass is 16.7. The Morgan fingerprint density at radius 2 is 1.68 bits per heavy atom. The average Bonchev–Trinajstić information content (AvgIpc) is 2.87. The number of fused-ring (bicyclic) bond motifs is 1. The fourth-order valence-electron chi connectivity index (χ4n) is 2.23. The van der Waals surface area contributed by atoms with Crippen molar-refractivity contribution in [2.24, 2.45) is 5.73 Å². The minimum absolute atomic E-state index is 0.0830. The fraction of sp³-hybridized carbons (Fsp3) is 0.250. The molecule has 98 valence electrons. The molecule has 0 amide bonds. The molecule has 0 unspecified atom stereocenters. The van der Waals surface area contributed by atoms with E-state index in [0.717, 1.165) is 23.5 Å². The van der Waals surface area contributed by atoms with Crippen LogP contribution in [0.2, 0.25) is 0 Å². The molecule has 3 nitrogen and oxygen atoms in total. The molecule has 1 aliphatic heterocycles. The monoisotopic (exact) mass is 255 g/mol. The van der Waals surface area contributed by atoms with Crippen LogP contribution in [0.25, 0.3) is 0 Å². The highest BCUT2D eigenvalue weighted by molar-refractivity contribution is 5.45.